The van der Waals surface area contributed by atoms with E-state index in [9.17, 15) is 0 Å². The van der Waals surface area contributed by atoms with Gasteiger partial charge in [-0.05, 0) is 38.5 Å². The van der Waals surface area contributed by atoms with Crippen LogP contribution >= 0.6 is 0 Å². The van der Waals surface area contributed by atoms with Crippen molar-refractivity contribution >= 4 is 0 Å². The average molecular weight is 165 g/mol. The van der Waals surface area contributed by atoms with Crippen molar-refractivity contribution in [1.29, 1.82) is 0 Å². The molecule has 0 fully saturated rings. The Labute approximate surface area is 77.4 Å². The predicted octanol–water partition coefficient (Wildman–Crippen LogP) is 4.15. The minimum Gasteiger partial charge on any atom is -0.103 e. The van der Waals surface area contributed by atoms with E-state index in [0.29, 0.717) is 5.92 Å². The van der Waals surface area contributed by atoms with Crippen molar-refractivity contribution in [3.63, 3.8) is 0 Å². The van der Waals surface area contributed by atoms with Crippen LogP contribution in [0, 0.1) is 12.8 Å². The fourth-order valence-corrected chi connectivity index (χ4v) is 1.09. The zero-order valence-corrected chi connectivity index (χ0v) is 8.47. The van der Waals surface area contributed by atoms with Crippen LogP contribution in [-0.2, 0) is 0 Å². The Morgan fingerprint density at radius 2 is 2.17 bits per heavy atom. The molecule has 1 radical (unpaired) electrons. The minimum absolute atomic E-state index is 0.647. The molecule has 0 aliphatic carbocycles. The molecule has 0 N–H and O–H groups in total. The van der Waals surface area contributed by atoms with Gasteiger partial charge in [0.25, 0.3) is 0 Å². The summed E-state index contributed by atoms with van der Waals surface area (Å²) in [5, 5.41) is 0. The third kappa shape index (κ3) is 6.21. The van der Waals surface area contributed by atoms with Crippen LogP contribution in [0.5, 0.6) is 0 Å². The van der Waals surface area contributed by atoms with Gasteiger partial charge in [0.1, 0.15) is 0 Å². The van der Waals surface area contributed by atoms with Crippen LogP contribution in [0.2, 0.25) is 0 Å². The molecule has 12 heavy (non-hydrogen) atoms. The molecule has 0 saturated carbocycles. The lowest BCUT2D eigenvalue weighted by Crippen LogP contribution is -1.87. The summed E-state index contributed by atoms with van der Waals surface area (Å²) in [6.07, 6.45) is 8.90. The first-order valence-corrected chi connectivity index (χ1v) is 4.78. The molecule has 0 nitrogen and oxygen atoms in total. The van der Waals surface area contributed by atoms with Crippen molar-refractivity contribution in [1.82, 2.24) is 0 Å². The summed E-state index contributed by atoms with van der Waals surface area (Å²) in [7, 11) is 0. The second-order valence-corrected chi connectivity index (χ2v) is 3.44. The van der Waals surface area contributed by atoms with Gasteiger partial charge in [-0.1, -0.05) is 31.6 Å². The van der Waals surface area contributed by atoms with Gasteiger partial charge in [-0.2, -0.15) is 0 Å². The lowest BCUT2D eigenvalue weighted by molar-refractivity contribution is 0.656. The van der Waals surface area contributed by atoms with Gasteiger partial charge in [0.05, 0.1) is 0 Å². The molecule has 0 rings (SSSR count). The van der Waals surface area contributed by atoms with Gasteiger partial charge in [-0.3, -0.25) is 0 Å². The highest BCUT2D eigenvalue weighted by Crippen LogP contribution is 2.10. The Morgan fingerprint density at radius 1 is 1.50 bits per heavy atom. The van der Waals surface area contributed by atoms with Gasteiger partial charge in [0.2, 0.25) is 0 Å². The Morgan fingerprint density at radius 3 is 2.67 bits per heavy atom. The van der Waals surface area contributed by atoms with E-state index in [-0.39, 0.29) is 0 Å². The van der Waals surface area contributed by atoms with Crippen LogP contribution in [0.4, 0.5) is 0 Å². The van der Waals surface area contributed by atoms with E-state index in [4.69, 9.17) is 0 Å². The van der Waals surface area contributed by atoms with Gasteiger partial charge in [0, 0.05) is 0 Å². The molecule has 0 spiro atoms. The van der Waals surface area contributed by atoms with Gasteiger partial charge in [0.15, 0.2) is 0 Å². The van der Waals surface area contributed by atoms with Gasteiger partial charge in [-0.25, -0.2) is 0 Å². The molecule has 0 aromatic rings. The summed E-state index contributed by atoms with van der Waals surface area (Å²) >= 11 is 0. The SMILES string of the molecule is [CH2]CC/C(C)=C/CCC(C)C=C. The lowest BCUT2D eigenvalue weighted by atomic mass is 10.0. The highest BCUT2D eigenvalue weighted by Gasteiger charge is 1.93. The van der Waals surface area contributed by atoms with E-state index in [1.165, 1.54) is 18.4 Å². The molecule has 0 saturated heterocycles. The maximum Gasteiger partial charge on any atom is -0.0262 e. The number of hydrogen-bond acceptors (Lipinski definition) is 0. The minimum atomic E-state index is 0.647. The summed E-state index contributed by atoms with van der Waals surface area (Å²) in [6.45, 7) is 12.0. The summed E-state index contributed by atoms with van der Waals surface area (Å²) in [6, 6.07) is 0. The van der Waals surface area contributed by atoms with Crippen molar-refractivity contribution in [3.05, 3.63) is 31.2 Å². The van der Waals surface area contributed by atoms with E-state index >= 15 is 0 Å². The average Bonchev–Trinajstić information content (AvgIpc) is 2.04. The second kappa shape index (κ2) is 7.15. The van der Waals surface area contributed by atoms with Gasteiger partial charge in [-0.15, -0.1) is 6.58 Å². The van der Waals surface area contributed by atoms with Gasteiger partial charge >= 0.3 is 0 Å². The number of allylic oxidation sites excluding steroid dienone is 3. The standard InChI is InChI=1S/C12H21/c1-5-8-12(4)10-7-9-11(3)6-2/h6,10-11H,1-2,5,7-9H2,3-4H3/b12-10+. The normalized spacial score (nSPS) is 14.4. The zero-order chi connectivity index (χ0) is 9.40. The maximum absolute atomic E-state index is 3.83. The van der Waals surface area contributed by atoms with Crippen LogP contribution in [-0.4, -0.2) is 0 Å². The van der Waals surface area contributed by atoms with Gasteiger partial charge < -0.3 is 0 Å². The number of hydrogen-bond donors (Lipinski definition) is 0. The fourth-order valence-electron chi connectivity index (χ4n) is 1.09. The van der Waals surface area contributed by atoms with Crippen molar-refractivity contribution in [2.45, 2.75) is 39.5 Å². The van der Waals surface area contributed by atoms with Crippen LogP contribution in [0.3, 0.4) is 0 Å². The molecular formula is C12H21. The molecule has 0 heteroatoms. The van der Waals surface area contributed by atoms with Crippen molar-refractivity contribution in [2.75, 3.05) is 0 Å². The summed E-state index contributed by atoms with van der Waals surface area (Å²) in [5.74, 6) is 0.647. The third-order valence-corrected chi connectivity index (χ3v) is 2.09. The first kappa shape index (κ1) is 11.5. The molecule has 0 amide bonds. The molecule has 1 atom stereocenters. The smallest absolute Gasteiger partial charge is 0.0262 e. The van der Waals surface area contributed by atoms with Crippen molar-refractivity contribution < 1.29 is 0 Å². The fraction of sp³-hybridized carbons (Fsp3) is 0.583. The van der Waals surface area contributed by atoms with Crippen LogP contribution in [0.1, 0.15) is 39.5 Å². The highest BCUT2D eigenvalue weighted by atomic mass is 14.0. The summed E-state index contributed by atoms with van der Waals surface area (Å²) in [4.78, 5) is 0. The van der Waals surface area contributed by atoms with Crippen molar-refractivity contribution in [3.8, 4) is 0 Å². The molecule has 0 aromatic carbocycles. The molecule has 0 aromatic heterocycles. The Bertz CT molecular complexity index is 142. The lowest BCUT2D eigenvalue weighted by Gasteiger charge is -2.02. The monoisotopic (exact) mass is 165 g/mol. The molecular weight excluding hydrogens is 144 g/mol. The number of rotatable bonds is 6. The first-order valence-electron chi connectivity index (χ1n) is 4.78. The van der Waals surface area contributed by atoms with Crippen LogP contribution in [0.25, 0.3) is 0 Å². The molecule has 0 heterocycles. The topological polar surface area (TPSA) is 0 Å². The molecule has 0 aliphatic rings. The molecule has 0 bridgehead atoms. The van der Waals surface area contributed by atoms with Crippen LogP contribution < -0.4 is 0 Å². The molecule has 1 unspecified atom stereocenters. The summed E-state index contributed by atoms with van der Waals surface area (Å²) in [5.41, 5.74) is 1.47. The third-order valence-electron chi connectivity index (χ3n) is 2.09. The Kier molecular flexibility index (Phi) is 6.84. The molecule has 0 aliphatic heterocycles. The Hall–Kier alpha value is -0.520. The van der Waals surface area contributed by atoms with E-state index < -0.39 is 0 Å². The highest BCUT2D eigenvalue weighted by molar-refractivity contribution is 4.98. The second-order valence-electron chi connectivity index (χ2n) is 3.44. The Balaban J connectivity index is 3.51. The van der Waals surface area contributed by atoms with Crippen molar-refractivity contribution in [2.24, 2.45) is 5.92 Å². The van der Waals surface area contributed by atoms with Crippen LogP contribution in [0.15, 0.2) is 24.3 Å². The van der Waals surface area contributed by atoms with E-state index in [1.54, 1.807) is 0 Å². The maximum atomic E-state index is 3.83. The quantitative estimate of drug-likeness (QED) is 0.519. The summed E-state index contributed by atoms with van der Waals surface area (Å²) < 4.78 is 0. The predicted molar refractivity (Wildman–Crippen MR) is 56.9 cm³/mol. The molecule has 69 valence electrons. The van der Waals surface area contributed by atoms with E-state index in [1.807, 2.05) is 6.08 Å². The van der Waals surface area contributed by atoms with E-state index in [2.05, 4.69) is 33.4 Å². The largest absolute Gasteiger partial charge is 0.103 e. The van der Waals surface area contributed by atoms with E-state index in [0.717, 1.165) is 12.8 Å². The zero-order valence-electron chi connectivity index (χ0n) is 8.47. The first-order chi connectivity index (χ1) is 5.70.